The van der Waals surface area contributed by atoms with Gasteiger partial charge < -0.3 is 11.6 Å². The molecule has 2 aromatic carbocycles. The van der Waals surface area contributed by atoms with E-state index in [2.05, 4.69) is 4.98 Å². The molecule has 0 fully saturated rings. The van der Waals surface area contributed by atoms with E-state index in [9.17, 15) is 0 Å². The molecule has 0 aliphatic heterocycles. The van der Waals surface area contributed by atoms with Crippen LogP contribution in [0.4, 0.5) is 5.82 Å². The quantitative estimate of drug-likeness (QED) is 0.699. The summed E-state index contributed by atoms with van der Waals surface area (Å²) in [5, 5.41) is 0. The number of nitrogens with two attached hydrogens (primary N) is 2. The molecule has 0 amide bonds. The van der Waals surface area contributed by atoms with Gasteiger partial charge in [0.05, 0.1) is 0 Å². The average molecular weight is 264 g/mol. The summed E-state index contributed by atoms with van der Waals surface area (Å²) in [6, 6.07) is 17.8. The fourth-order valence-corrected chi connectivity index (χ4v) is 2.27. The second kappa shape index (κ2) is 4.74. The smallest absolute Gasteiger partial charge is 0.160 e. The summed E-state index contributed by atoms with van der Waals surface area (Å²) >= 11 is 0. The van der Waals surface area contributed by atoms with Crippen LogP contribution >= 0.6 is 0 Å². The lowest BCUT2D eigenvalue weighted by Gasteiger charge is -2.03. The zero-order valence-electron chi connectivity index (χ0n) is 11.2. The van der Waals surface area contributed by atoms with E-state index in [4.69, 9.17) is 11.6 Å². The molecule has 100 valence electrons. The van der Waals surface area contributed by atoms with Gasteiger partial charge in [-0.15, -0.1) is 0 Å². The van der Waals surface area contributed by atoms with Crippen molar-refractivity contribution in [1.82, 2.24) is 9.66 Å². The summed E-state index contributed by atoms with van der Waals surface area (Å²) in [6.45, 7) is 2.03. The van der Waals surface area contributed by atoms with Crippen LogP contribution in [0.1, 0.15) is 5.56 Å². The molecule has 3 aromatic rings. The molecule has 0 aliphatic rings. The van der Waals surface area contributed by atoms with Crippen LogP contribution in [0.15, 0.2) is 54.6 Å². The fraction of sp³-hybridized carbons (Fsp3) is 0.0625. The normalized spacial score (nSPS) is 10.7. The van der Waals surface area contributed by atoms with E-state index in [1.807, 2.05) is 61.5 Å². The second-order valence-electron chi connectivity index (χ2n) is 4.72. The highest BCUT2D eigenvalue weighted by Crippen LogP contribution is 2.31. The topological polar surface area (TPSA) is 69.9 Å². The highest BCUT2D eigenvalue weighted by molar-refractivity contribution is 5.77. The van der Waals surface area contributed by atoms with Gasteiger partial charge in [-0.2, -0.15) is 0 Å². The molecule has 1 heterocycles. The number of anilines is 1. The van der Waals surface area contributed by atoms with Crippen molar-refractivity contribution in [3.63, 3.8) is 0 Å². The molecule has 0 atom stereocenters. The van der Waals surface area contributed by atoms with Crippen molar-refractivity contribution in [2.45, 2.75) is 6.92 Å². The number of imidazole rings is 1. The lowest BCUT2D eigenvalue weighted by Crippen LogP contribution is -2.13. The first-order valence-electron chi connectivity index (χ1n) is 6.43. The van der Waals surface area contributed by atoms with Gasteiger partial charge in [0.25, 0.3) is 0 Å². The Balaban J connectivity index is 2.19. The van der Waals surface area contributed by atoms with Crippen molar-refractivity contribution in [2.24, 2.45) is 0 Å². The maximum absolute atomic E-state index is 6.12. The molecule has 0 unspecified atom stereocenters. The van der Waals surface area contributed by atoms with Crippen LogP contribution in [-0.2, 0) is 0 Å². The maximum Gasteiger partial charge on any atom is 0.160 e. The molecule has 4 heteroatoms. The van der Waals surface area contributed by atoms with Gasteiger partial charge in [-0.3, -0.25) is 0 Å². The maximum atomic E-state index is 6.12. The van der Waals surface area contributed by atoms with Crippen LogP contribution in [0.25, 0.3) is 22.6 Å². The van der Waals surface area contributed by atoms with Crippen LogP contribution in [0.5, 0.6) is 0 Å². The van der Waals surface area contributed by atoms with Crippen molar-refractivity contribution >= 4 is 5.82 Å². The third-order valence-corrected chi connectivity index (χ3v) is 3.38. The van der Waals surface area contributed by atoms with E-state index < -0.39 is 0 Å². The minimum Gasteiger partial charge on any atom is -0.382 e. The van der Waals surface area contributed by atoms with Gasteiger partial charge in [0, 0.05) is 11.1 Å². The summed E-state index contributed by atoms with van der Waals surface area (Å²) in [4.78, 5) is 4.62. The van der Waals surface area contributed by atoms with Crippen LogP contribution in [0.2, 0.25) is 0 Å². The number of nitrogen functional groups attached to an aromatic ring is 2. The van der Waals surface area contributed by atoms with Crippen molar-refractivity contribution < 1.29 is 0 Å². The Morgan fingerprint density at radius 3 is 2.30 bits per heavy atom. The first-order valence-corrected chi connectivity index (χ1v) is 6.43. The van der Waals surface area contributed by atoms with Crippen LogP contribution in [0.3, 0.4) is 0 Å². The summed E-state index contributed by atoms with van der Waals surface area (Å²) < 4.78 is 1.44. The van der Waals surface area contributed by atoms with Gasteiger partial charge in [-0.25, -0.2) is 9.66 Å². The Morgan fingerprint density at radius 2 is 1.60 bits per heavy atom. The second-order valence-corrected chi connectivity index (χ2v) is 4.72. The average Bonchev–Trinajstić information content (AvgIpc) is 2.77. The number of hydrogen-bond acceptors (Lipinski definition) is 3. The third kappa shape index (κ3) is 1.91. The molecule has 1 aromatic heterocycles. The Hall–Kier alpha value is -2.75. The van der Waals surface area contributed by atoms with Crippen molar-refractivity contribution in [1.29, 1.82) is 0 Å². The number of benzene rings is 2. The zero-order chi connectivity index (χ0) is 14.1. The molecule has 0 saturated carbocycles. The third-order valence-electron chi connectivity index (χ3n) is 3.38. The van der Waals surface area contributed by atoms with Gasteiger partial charge in [0.15, 0.2) is 11.6 Å². The van der Waals surface area contributed by atoms with E-state index in [0.717, 1.165) is 22.4 Å². The summed E-state index contributed by atoms with van der Waals surface area (Å²) in [7, 11) is 0. The lowest BCUT2D eigenvalue weighted by molar-refractivity contribution is 1.02. The minimum absolute atomic E-state index is 0.471. The molecule has 3 rings (SSSR count). The lowest BCUT2D eigenvalue weighted by atomic mass is 10.1. The molecule has 0 bridgehead atoms. The molecule has 4 nitrogen and oxygen atoms in total. The van der Waals surface area contributed by atoms with Gasteiger partial charge in [-0.1, -0.05) is 54.6 Å². The predicted molar refractivity (Wildman–Crippen MR) is 82.4 cm³/mol. The van der Waals surface area contributed by atoms with Gasteiger partial charge >= 0.3 is 0 Å². The van der Waals surface area contributed by atoms with Gasteiger partial charge in [-0.05, 0) is 12.5 Å². The van der Waals surface area contributed by atoms with Gasteiger partial charge in [0.2, 0.25) is 0 Å². The zero-order valence-corrected chi connectivity index (χ0v) is 11.2. The monoisotopic (exact) mass is 264 g/mol. The Bertz CT molecular complexity index is 744. The Labute approximate surface area is 117 Å². The largest absolute Gasteiger partial charge is 0.382 e. The summed E-state index contributed by atoms with van der Waals surface area (Å²) in [5.41, 5.74) is 9.92. The summed E-state index contributed by atoms with van der Waals surface area (Å²) in [6.07, 6.45) is 0. The standard InChI is InChI=1S/C16H16N4/c1-11-7-5-6-10-13(11)14-15(17)20(18)16(19-14)12-8-3-2-4-9-12/h2-10H,17-18H2,1H3. The molecular weight excluding hydrogens is 248 g/mol. The number of aryl methyl sites for hydroxylation is 1. The van der Waals surface area contributed by atoms with Crippen molar-refractivity contribution in [3.8, 4) is 22.6 Å². The Morgan fingerprint density at radius 1 is 0.950 bits per heavy atom. The van der Waals surface area contributed by atoms with E-state index >= 15 is 0 Å². The first-order chi connectivity index (χ1) is 9.68. The SMILES string of the molecule is Cc1ccccc1-c1nc(-c2ccccc2)n(N)c1N. The molecule has 0 aliphatic carbocycles. The van der Waals surface area contributed by atoms with E-state index in [0.29, 0.717) is 11.6 Å². The highest BCUT2D eigenvalue weighted by Gasteiger charge is 2.16. The van der Waals surface area contributed by atoms with E-state index in [1.54, 1.807) is 0 Å². The number of hydrogen-bond donors (Lipinski definition) is 2. The van der Waals surface area contributed by atoms with Crippen LogP contribution in [-0.4, -0.2) is 9.66 Å². The summed E-state index contributed by atoms with van der Waals surface area (Å²) in [5.74, 6) is 7.19. The predicted octanol–water partition coefficient (Wildman–Crippen LogP) is 2.82. The minimum atomic E-state index is 0.471. The highest BCUT2D eigenvalue weighted by atomic mass is 15.4. The number of rotatable bonds is 2. The van der Waals surface area contributed by atoms with Gasteiger partial charge in [0.1, 0.15) is 5.69 Å². The van der Waals surface area contributed by atoms with Crippen LogP contribution in [0, 0.1) is 6.92 Å². The number of aromatic nitrogens is 2. The fourth-order valence-electron chi connectivity index (χ4n) is 2.27. The first kappa shape index (κ1) is 12.3. The molecule has 0 spiro atoms. The van der Waals surface area contributed by atoms with Crippen LogP contribution < -0.4 is 11.6 Å². The molecular formula is C16H16N4. The Kier molecular flexibility index (Phi) is 2.91. The molecule has 0 saturated heterocycles. The molecule has 4 N–H and O–H groups in total. The molecule has 20 heavy (non-hydrogen) atoms. The number of nitrogens with zero attached hydrogens (tertiary/aromatic N) is 2. The van der Waals surface area contributed by atoms with E-state index in [1.165, 1.54) is 4.68 Å². The van der Waals surface area contributed by atoms with Crippen molar-refractivity contribution in [2.75, 3.05) is 11.6 Å². The van der Waals surface area contributed by atoms with E-state index in [-0.39, 0.29) is 0 Å². The van der Waals surface area contributed by atoms with Crippen molar-refractivity contribution in [3.05, 3.63) is 60.2 Å². The molecule has 0 radical (unpaired) electrons.